The van der Waals surface area contributed by atoms with Gasteiger partial charge in [-0.25, -0.2) is 4.79 Å². The number of benzene rings is 1. The number of carbonyl (C=O) groups excluding carboxylic acids is 2. The molecule has 1 aliphatic rings. The van der Waals surface area contributed by atoms with Crippen molar-refractivity contribution in [2.24, 2.45) is 11.7 Å². The van der Waals surface area contributed by atoms with E-state index in [0.29, 0.717) is 12.8 Å². The Morgan fingerprint density at radius 2 is 1.95 bits per heavy atom. The summed E-state index contributed by atoms with van der Waals surface area (Å²) in [6, 6.07) is 6.65. The van der Waals surface area contributed by atoms with Crippen LogP contribution in [0.4, 0.5) is 0 Å². The van der Waals surface area contributed by atoms with Gasteiger partial charge in [-0.05, 0) is 30.4 Å². The molecule has 2 unspecified atom stereocenters. The number of carboxylic acids is 1. The first-order valence-corrected chi connectivity index (χ1v) is 6.85. The molecule has 2 rings (SSSR count). The van der Waals surface area contributed by atoms with Crippen molar-refractivity contribution >= 4 is 17.8 Å². The second kappa shape index (κ2) is 6.39. The van der Waals surface area contributed by atoms with Crippen molar-refractivity contribution in [3.05, 3.63) is 35.4 Å². The summed E-state index contributed by atoms with van der Waals surface area (Å²) in [6.45, 7) is 0. The van der Waals surface area contributed by atoms with Crippen LogP contribution >= 0.6 is 0 Å². The highest BCUT2D eigenvalue weighted by Crippen LogP contribution is 2.25. The second-order valence-electron chi connectivity index (χ2n) is 5.28. The van der Waals surface area contributed by atoms with E-state index >= 15 is 0 Å². The maximum absolute atomic E-state index is 12.2. The number of carbonyl (C=O) groups is 3. The number of aryl methyl sites for hydroxylation is 1. The third-order valence-corrected chi connectivity index (χ3v) is 3.74. The Morgan fingerprint density at radius 1 is 1.29 bits per heavy atom. The van der Waals surface area contributed by atoms with Crippen LogP contribution in [0.15, 0.2) is 24.3 Å². The van der Waals surface area contributed by atoms with E-state index in [2.05, 4.69) is 5.32 Å². The number of rotatable bonds is 5. The lowest BCUT2D eigenvalue weighted by atomic mass is 9.83. The Labute approximate surface area is 122 Å². The lowest BCUT2D eigenvalue weighted by Gasteiger charge is -2.25. The van der Waals surface area contributed by atoms with Crippen LogP contribution in [0.25, 0.3) is 0 Å². The molecule has 0 saturated heterocycles. The molecule has 0 spiro atoms. The summed E-state index contributed by atoms with van der Waals surface area (Å²) in [5.74, 6) is -2.61. The lowest BCUT2D eigenvalue weighted by molar-refractivity contribution is -0.144. The minimum atomic E-state index is -1.26. The van der Waals surface area contributed by atoms with Crippen molar-refractivity contribution in [1.82, 2.24) is 5.32 Å². The molecule has 0 aliphatic heterocycles. The summed E-state index contributed by atoms with van der Waals surface area (Å²) < 4.78 is 0. The average molecular weight is 290 g/mol. The number of fused-ring (bicyclic) bond motifs is 1. The zero-order valence-electron chi connectivity index (χ0n) is 11.5. The molecule has 4 N–H and O–H groups in total. The van der Waals surface area contributed by atoms with Gasteiger partial charge >= 0.3 is 5.97 Å². The summed E-state index contributed by atoms with van der Waals surface area (Å²) in [5.41, 5.74) is 7.34. The van der Waals surface area contributed by atoms with Crippen LogP contribution in [0.5, 0.6) is 0 Å². The van der Waals surface area contributed by atoms with E-state index in [1.165, 1.54) is 5.56 Å². The average Bonchev–Trinajstić information content (AvgIpc) is 2.45. The number of nitrogens with two attached hydrogens (primary N) is 1. The Kier molecular flexibility index (Phi) is 4.57. The van der Waals surface area contributed by atoms with Crippen molar-refractivity contribution in [3.63, 3.8) is 0 Å². The van der Waals surface area contributed by atoms with Gasteiger partial charge in [0, 0.05) is 5.92 Å². The maximum Gasteiger partial charge on any atom is 0.326 e. The van der Waals surface area contributed by atoms with Crippen LogP contribution < -0.4 is 11.1 Å². The molecule has 0 bridgehead atoms. The Hall–Kier alpha value is -2.37. The highest BCUT2D eigenvalue weighted by molar-refractivity contribution is 5.89. The monoisotopic (exact) mass is 290 g/mol. The van der Waals surface area contributed by atoms with Crippen molar-refractivity contribution in [2.75, 3.05) is 0 Å². The standard InChI is InChI=1S/C15H18N2O4/c16-13(18)8-12(15(20)21)17-14(19)11-6-5-9-3-1-2-4-10(9)7-11/h1-4,11-12H,5-8H2,(H2,16,18)(H,17,19)(H,20,21). The maximum atomic E-state index is 12.2. The molecule has 6 heteroatoms. The number of hydrogen-bond acceptors (Lipinski definition) is 3. The topological polar surface area (TPSA) is 109 Å². The van der Waals surface area contributed by atoms with E-state index in [9.17, 15) is 14.4 Å². The van der Waals surface area contributed by atoms with E-state index in [0.717, 1.165) is 12.0 Å². The van der Waals surface area contributed by atoms with Crippen molar-refractivity contribution in [3.8, 4) is 0 Å². The predicted molar refractivity (Wildman–Crippen MR) is 75.3 cm³/mol. The number of hydrogen-bond donors (Lipinski definition) is 3. The van der Waals surface area contributed by atoms with Crippen LogP contribution in [0.3, 0.4) is 0 Å². The Bertz CT molecular complexity index is 571. The summed E-state index contributed by atoms with van der Waals surface area (Å²) in [7, 11) is 0. The van der Waals surface area contributed by atoms with Crippen LogP contribution in [0, 0.1) is 5.92 Å². The fourth-order valence-electron chi connectivity index (χ4n) is 2.61. The summed E-state index contributed by atoms with van der Waals surface area (Å²) in [6.07, 6.45) is 1.66. The largest absolute Gasteiger partial charge is 0.480 e. The van der Waals surface area contributed by atoms with Crippen molar-refractivity contribution < 1.29 is 19.5 Å². The summed E-state index contributed by atoms with van der Waals surface area (Å²) >= 11 is 0. The zero-order valence-corrected chi connectivity index (χ0v) is 11.5. The molecule has 0 saturated carbocycles. The first-order valence-electron chi connectivity index (χ1n) is 6.85. The lowest BCUT2D eigenvalue weighted by Crippen LogP contribution is -2.46. The zero-order chi connectivity index (χ0) is 15.4. The quantitative estimate of drug-likeness (QED) is 0.721. The van der Waals surface area contributed by atoms with E-state index in [1.54, 1.807) is 0 Å². The predicted octanol–water partition coefficient (Wildman–Crippen LogP) is 0.236. The Morgan fingerprint density at radius 3 is 2.57 bits per heavy atom. The molecule has 2 atom stereocenters. The molecule has 0 heterocycles. The van der Waals surface area contributed by atoms with Gasteiger partial charge in [0.05, 0.1) is 6.42 Å². The molecule has 2 amide bonds. The van der Waals surface area contributed by atoms with Gasteiger partial charge in [0.25, 0.3) is 0 Å². The first kappa shape index (κ1) is 15.0. The fraction of sp³-hybridized carbons (Fsp3) is 0.400. The van der Waals surface area contributed by atoms with E-state index < -0.39 is 24.3 Å². The summed E-state index contributed by atoms with van der Waals surface area (Å²) in [5, 5.41) is 11.4. The number of nitrogens with one attached hydrogen (secondary N) is 1. The van der Waals surface area contributed by atoms with E-state index in [4.69, 9.17) is 10.8 Å². The van der Waals surface area contributed by atoms with Gasteiger partial charge in [-0.2, -0.15) is 0 Å². The second-order valence-corrected chi connectivity index (χ2v) is 5.28. The van der Waals surface area contributed by atoms with Gasteiger partial charge in [-0.1, -0.05) is 24.3 Å². The number of primary amides is 1. The molecule has 1 aromatic rings. The van der Waals surface area contributed by atoms with Crippen molar-refractivity contribution in [2.45, 2.75) is 31.7 Å². The minimum Gasteiger partial charge on any atom is -0.480 e. The molecular formula is C15H18N2O4. The van der Waals surface area contributed by atoms with Crippen LogP contribution in [-0.4, -0.2) is 28.9 Å². The van der Waals surface area contributed by atoms with Gasteiger partial charge in [0.1, 0.15) is 6.04 Å². The molecule has 21 heavy (non-hydrogen) atoms. The van der Waals surface area contributed by atoms with Crippen LogP contribution in [0.1, 0.15) is 24.0 Å². The smallest absolute Gasteiger partial charge is 0.326 e. The van der Waals surface area contributed by atoms with Gasteiger partial charge in [-0.3, -0.25) is 9.59 Å². The first-order chi connectivity index (χ1) is 9.97. The van der Waals surface area contributed by atoms with Crippen molar-refractivity contribution in [1.29, 1.82) is 0 Å². The van der Waals surface area contributed by atoms with E-state index in [1.807, 2.05) is 24.3 Å². The molecule has 0 fully saturated rings. The van der Waals surface area contributed by atoms with Crippen LogP contribution in [-0.2, 0) is 27.2 Å². The number of aliphatic carboxylic acids is 1. The molecule has 1 aliphatic carbocycles. The molecule has 1 aromatic carbocycles. The summed E-state index contributed by atoms with van der Waals surface area (Å²) in [4.78, 5) is 34.0. The third kappa shape index (κ3) is 3.81. The minimum absolute atomic E-state index is 0.269. The fourth-order valence-corrected chi connectivity index (χ4v) is 2.61. The highest BCUT2D eigenvalue weighted by Gasteiger charge is 2.29. The molecular weight excluding hydrogens is 272 g/mol. The third-order valence-electron chi connectivity index (χ3n) is 3.74. The Balaban J connectivity index is 2.01. The molecule has 0 radical (unpaired) electrons. The normalized spacial score (nSPS) is 18.4. The molecule has 6 nitrogen and oxygen atoms in total. The highest BCUT2D eigenvalue weighted by atomic mass is 16.4. The molecule has 112 valence electrons. The molecule has 0 aromatic heterocycles. The number of amides is 2. The number of carboxylic acid groups (broad SMARTS) is 1. The van der Waals surface area contributed by atoms with Gasteiger partial charge in [0.15, 0.2) is 0 Å². The van der Waals surface area contributed by atoms with Gasteiger partial charge in [0.2, 0.25) is 11.8 Å². The van der Waals surface area contributed by atoms with E-state index in [-0.39, 0.29) is 11.8 Å². The van der Waals surface area contributed by atoms with Gasteiger partial charge < -0.3 is 16.2 Å². The van der Waals surface area contributed by atoms with Gasteiger partial charge in [-0.15, -0.1) is 0 Å². The van der Waals surface area contributed by atoms with Crippen LogP contribution in [0.2, 0.25) is 0 Å². The SMILES string of the molecule is NC(=O)CC(NC(=O)C1CCc2ccccc2C1)C(=O)O.